The minimum Gasteiger partial charge on any atom is -0.358 e. The lowest BCUT2D eigenvalue weighted by molar-refractivity contribution is 0.403. The molecule has 0 aliphatic heterocycles. The van der Waals surface area contributed by atoms with Crippen LogP contribution in [0.1, 0.15) is 147 Å². The van der Waals surface area contributed by atoms with E-state index in [-0.39, 0.29) is 0 Å². The summed E-state index contributed by atoms with van der Waals surface area (Å²) >= 11 is 3.61. The van der Waals surface area contributed by atoms with E-state index in [4.69, 9.17) is 0 Å². The van der Waals surface area contributed by atoms with Gasteiger partial charge in [0.2, 0.25) is 0 Å². The Kier molecular flexibility index (Phi) is 13.8. The van der Waals surface area contributed by atoms with Crippen LogP contribution in [0.15, 0.2) is 22.7 Å². The van der Waals surface area contributed by atoms with E-state index in [0.717, 1.165) is 5.92 Å². The van der Waals surface area contributed by atoms with Crippen molar-refractivity contribution < 1.29 is 0 Å². The summed E-state index contributed by atoms with van der Waals surface area (Å²) in [5.74, 6) is 0.899. The van der Waals surface area contributed by atoms with Crippen LogP contribution in [0, 0.1) is 5.92 Å². The van der Waals surface area contributed by atoms with Crippen LogP contribution in [-0.2, 0) is 12.8 Å². The molecule has 192 valence electrons. The van der Waals surface area contributed by atoms with Crippen molar-refractivity contribution in [3.8, 4) is 0 Å². The Morgan fingerprint density at radius 3 is 1.82 bits per heavy atom. The van der Waals surface area contributed by atoms with E-state index < -0.39 is 0 Å². The van der Waals surface area contributed by atoms with Crippen molar-refractivity contribution in [2.45, 2.75) is 148 Å². The predicted molar refractivity (Wildman–Crippen MR) is 155 cm³/mol. The van der Waals surface area contributed by atoms with Crippen LogP contribution in [0.2, 0.25) is 0 Å². The van der Waals surface area contributed by atoms with Crippen LogP contribution in [0.4, 0.5) is 0 Å². The van der Waals surface area contributed by atoms with Crippen molar-refractivity contribution in [3.63, 3.8) is 0 Å². The third-order valence-electron chi connectivity index (χ3n) is 8.22. The molecule has 0 fully saturated rings. The molecule has 0 saturated carbocycles. The van der Waals surface area contributed by atoms with Gasteiger partial charge in [-0.05, 0) is 42.9 Å². The zero-order valence-electron chi connectivity index (χ0n) is 22.2. The van der Waals surface area contributed by atoms with E-state index in [1.807, 2.05) is 0 Å². The second-order valence-electron chi connectivity index (χ2n) is 11.2. The summed E-state index contributed by atoms with van der Waals surface area (Å²) in [6.45, 7) is 2.30. The number of rotatable bonds is 19. The van der Waals surface area contributed by atoms with Crippen LogP contribution in [0.25, 0.3) is 10.9 Å². The monoisotopic (exact) mass is 529 g/mol. The molecular formula is C32H52BrN. The van der Waals surface area contributed by atoms with Crippen molar-refractivity contribution in [2.24, 2.45) is 5.92 Å². The number of aromatic nitrogens is 1. The molecule has 34 heavy (non-hydrogen) atoms. The maximum Gasteiger partial charge on any atom is 0.0470 e. The summed E-state index contributed by atoms with van der Waals surface area (Å²) in [7, 11) is 0. The number of aryl methyl sites for hydroxylation is 1. The second kappa shape index (κ2) is 16.8. The van der Waals surface area contributed by atoms with E-state index in [2.05, 4.69) is 46.0 Å². The molecule has 0 radical (unpaired) electrons. The van der Waals surface area contributed by atoms with Gasteiger partial charge in [0, 0.05) is 21.1 Å². The maximum absolute atomic E-state index is 3.67. The predicted octanol–water partition coefficient (Wildman–Crippen LogP) is 11.5. The number of hydrogen-bond donors (Lipinski definition) is 1. The average molecular weight is 531 g/mol. The molecule has 0 saturated heterocycles. The van der Waals surface area contributed by atoms with Crippen LogP contribution in [-0.4, -0.2) is 4.98 Å². The molecule has 0 amide bonds. The zero-order valence-corrected chi connectivity index (χ0v) is 23.8. The lowest BCUT2D eigenvalue weighted by Gasteiger charge is -2.22. The van der Waals surface area contributed by atoms with Crippen molar-refractivity contribution >= 4 is 26.8 Å². The molecule has 1 aromatic heterocycles. The lowest BCUT2D eigenvalue weighted by atomic mass is 9.83. The van der Waals surface area contributed by atoms with Crippen molar-refractivity contribution in [1.29, 1.82) is 0 Å². The molecule has 0 bridgehead atoms. The summed E-state index contributed by atoms with van der Waals surface area (Å²) in [6, 6.07) is 6.73. The molecule has 1 aliphatic carbocycles. The summed E-state index contributed by atoms with van der Waals surface area (Å²) < 4.78 is 1.17. The minimum atomic E-state index is 0.899. The van der Waals surface area contributed by atoms with Gasteiger partial charge >= 0.3 is 0 Å². The van der Waals surface area contributed by atoms with Crippen molar-refractivity contribution in [3.05, 3.63) is 33.9 Å². The zero-order chi connectivity index (χ0) is 23.8. The highest BCUT2D eigenvalue weighted by molar-refractivity contribution is 9.10. The third-order valence-corrected chi connectivity index (χ3v) is 8.71. The Balaban J connectivity index is 1.10. The van der Waals surface area contributed by atoms with Gasteiger partial charge in [0.25, 0.3) is 0 Å². The molecular weight excluding hydrogens is 478 g/mol. The van der Waals surface area contributed by atoms with E-state index >= 15 is 0 Å². The first-order chi connectivity index (χ1) is 16.8. The molecule has 1 N–H and O–H groups in total. The van der Waals surface area contributed by atoms with Gasteiger partial charge in [-0.3, -0.25) is 0 Å². The largest absolute Gasteiger partial charge is 0.358 e. The summed E-state index contributed by atoms with van der Waals surface area (Å²) in [6.07, 6.45) is 31.6. The number of benzene rings is 1. The Morgan fingerprint density at radius 2 is 1.26 bits per heavy atom. The number of fused-ring (bicyclic) bond motifs is 3. The highest BCUT2D eigenvalue weighted by Crippen LogP contribution is 2.34. The molecule has 1 unspecified atom stereocenters. The van der Waals surface area contributed by atoms with Gasteiger partial charge in [-0.25, -0.2) is 0 Å². The molecule has 1 heterocycles. The fourth-order valence-electron chi connectivity index (χ4n) is 6.05. The van der Waals surface area contributed by atoms with Gasteiger partial charge in [0.1, 0.15) is 0 Å². The van der Waals surface area contributed by atoms with Crippen LogP contribution in [0.5, 0.6) is 0 Å². The van der Waals surface area contributed by atoms with E-state index in [1.54, 1.807) is 5.56 Å². The number of halogens is 1. The summed E-state index contributed by atoms with van der Waals surface area (Å²) in [4.78, 5) is 3.67. The van der Waals surface area contributed by atoms with E-state index in [1.165, 1.54) is 162 Å². The number of unbranched alkanes of at least 4 members (excludes halogenated alkanes) is 17. The summed E-state index contributed by atoms with van der Waals surface area (Å²) in [5.41, 5.74) is 4.43. The van der Waals surface area contributed by atoms with Crippen LogP contribution < -0.4 is 0 Å². The molecule has 1 aromatic carbocycles. The average Bonchev–Trinajstić information content (AvgIpc) is 3.20. The Hall–Kier alpha value is -0.760. The smallest absolute Gasteiger partial charge is 0.0470 e. The fourth-order valence-corrected chi connectivity index (χ4v) is 6.41. The molecule has 1 nitrogen and oxygen atoms in total. The minimum absolute atomic E-state index is 0.899. The van der Waals surface area contributed by atoms with Gasteiger partial charge in [-0.15, -0.1) is 0 Å². The van der Waals surface area contributed by atoms with Crippen LogP contribution in [0.3, 0.4) is 0 Å². The number of nitrogens with one attached hydrogen (secondary N) is 1. The molecule has 1 aliphatic rings. The van der Waals surface area contributed by atoms with Gasteiger partial charge in [0.05, 0.1) is 0 Å². The summed E-state index contributed by atoms with van der Waals surface area (Å²) in [5, 5.41) is 1.46. The number of H-pyrrole nitrogens is 1. The normalized spacial score (nSPS) is 15.8. The van der Waals surface area contributed by atoms with Gasteiger partial charge < -0.3 is 4.98 Å². The first-order valence-electron chi connectivity index (χ1n) is 15.1. The first-order valence-corrected chi connectivity index (χ1v) is 15.9. The topological polar surface area (TPSA) is 15.8 Å². The maximum atomic E-state index is 3.67. The van der Waals surface area contributed by atoms with E-state index in [0.29, 0.717) is 0 Å². The third kappa shape index (κ3) is 10.1. The van der Waals surface area contributed by atoms with Gasteiger partial charge in [-0.1, -0.05) is 151 Å². The quantitative estimate of drug-likeness (QED) is 0.174. The Labute approximate surface area is 219 Å². The van der Waals surface area contributed by atoms with Crippen molar-refractivity contribution in [2.75, 3.05) is 0 Å². The Bertz CT molecular complexity index is 792. The molecule has 2 heteroatoms. The van der Waals surface area contributed by atoms with Gasteiger partial charge in [-0.2, -0.15) is 0 Å². The first kappa shape index (κ1) is 27.8. The molecule has 2 aromatic rings. The Morgan fingerprint density at radius 1 is 0.735 bits per heavy atom. The van der Waals surface area contributed by atoms with Crippen molar-refractivity contribution in [1.82, 2.24) is 4.98 Å². The second-order valence-corrected chi connectivity index (χ2v) is 12.1. The number of hydrogen-bond acceptors (Lipinski definition) is 0. The van der Waals surface area contributed by atoms with E-state index in [9.17, 15) is 0 Å². The molecule has 3 rings (SSSR count). The molecule has 0 spiro atoms. The highest BCUT2D eigenvalue weighted by atomic mass is 79.9. The lowest BCUT2D eigenvalue weighted by Crippen LogP contribution is -2.13. The number of aromatic amines is 1. The fraction of sp³-hybridized carbons (Fsp3) is 0.750. The SMILES string of the molecule is CCCCCCCCCCCCCCCCCCCCC1CCc2[nH]c3cc(Br)ccc3c2C1. The van der Waals surface area contributed by atoms with Crippen LogP contribution >= 0.6 is 15.9 Å². The highest BCUT2D eigenvalue weighted by Gasteiger charge is 2.22. The van der Waals surface area contributed by atoms with Gasteiger partial charge in [0.15, 0.2) is 0 Å². The standard InChI is InChI=1S/C32H52BrN/c1-2-3-4-5-6-7-8-9-10-11-12-13-14-15-16-17-18-19-20-27-21-24-31-30(25-27)29-23-22-28(33)26-32(29)34-31/h22-23,26-27,34H,2-21,24-25H2,1H3. The molecule has 1 atom stereocenters.